The molecule has 0 aliphatic rings. The Morgan fingerprint density at radius 3 is 2.94 bits per heavy atom. The van der Waals surface area contributed by atoms with Crippen molar-refractivity contribution in [1.82, 2.24) is 9.88 Å². The van der Waals surface area contributed by atoms with Gasteiger partial charge < -0.3 is 9.88 Å². The van der Waals surface area contributed by atoms with Crippen LogP contribution in [-0.2, 0) is 11.3 Å². The first-order valence-corrected chi connectivity index (χ1v) is 6.14. The van der Waals surface area contributed by atoms with E-state index in [-0.39, 0.29) is 24.3 Å². The zero-order valence-corrected chi connectivity index (χ0v) is 10.6. The Labute approximate surface area is 106 Å². The molecule has 0 bridgehead atoms. The second kappa shape index (κ2) is 5.21. The van der Waals surface area contributed by atoms with Gasteiger partial charge in [-0.3, -0.25) is 4.79 Å². The van der Waals surface area contributed by atoms with E-state index in [9.17, 15) is 9.18 Å². The Morgan fingerprint density at radius 2 is 2.22 bits per heavy atom. The highest BCUT2D eigenvalue weighted by Gasteiger charge is 2.09. The zero-order chi connectivity index (χ0) is 13.1. The van der Waals surface area contributed by atoms with Crippen LogP contribution in [0.3, 0.4) is 0 Å². The summed E-state index contributed by atoms with van der Waals surface area (Å²) in [6.45, 7) is 4.20. The summed E-state index contributed by atoms with van der Waals surface area (Å²) in [5, 5.41) is 3.44. The first-order chi connectivity index (χ1) is 8.61. The van der Waals surface area contributed by atoms with Crippen molar-refractivity contribution in [3.63, 3.8) is 0 Å². The van der Waals surface area contributed by atoms with E-state index in [0.717, 1.165) is 11.9 Å². The maximum atomic E-state index is 13.5. The molecule has 0 saturated carbocycles. The Morgan fingerprint density at radius 1 is 1.44 bits per heavy atom. The molecule has 0 aliphatic heterocycles. The Hall–Kier alpha value is -1.84. The molecule has 2 aromatic rings. The van der Waals surface area contributed by atoms with Crippen LogP contribution in [0.1, 0.15) is 20.3 Å². The summed E-state index contributed by atoms with van der Waals surface area (Å²) in [5.74, 6) is -0.306. The number of benzene rings is 1. The summed E-state index contributed by atoms with van der Waals surface area (Å²) in [5.41, 5.74) is 0.745. The van der Waals surface area contributed by atoms with E-state index in [4.69, 9.17) is 0 Å². The fraction of sp³-hybridized carbons (Fsp3) is 0.357. The molecule has 0 saturated heterocycles. The number of rotatable bonds is 4. The van der Waals surface area contributed by atoms with Crippen LogP contribution in [0.2, 0.25) is 0 Å². The van der Waals surface area contributed by atoms with E-state index in [1.165, 1.54) is 6.07 Å². The molecule has 2 rings (SSSR count). The minimum Gasteiger partial charge on any atom is -0.352 e. The molecule has 1 aromatic heterocycles. The lowest BCUT2D eigenvalue weighted by molar-refractivity contribution is -0.122. The first-order valence-electron chi connectivity index (χ1n) is 6.14. The summed E-state index contributed by atoms with van der Waals surface area (Å²) in [6, 6.07) is 6.75. The average molecular weight is 248 g/mol. The number of nitrogens with one attached hydrogen (secondary N) is 1. The molecule has 4 heteroatoms. The largest absolute Gasteiger partial charge is 0.352 e. The molecular formula is C14H17FN2O. The predicted octanol–water partition coefficient (Wildman–Crippen LogP) is 2.70. The highest BCUT2D eigenvalue weighted by Crippen LogP contribution is 2.18. The molecule has 1 heterocycles. The minimum absolute atomic E-state index is 0.0499. The quantitative estimate of drug-likeness (QED) is 0.886. The fourth-order valence-electron chi connectivity index (χ4n) is 1.90. The van der Waals surface area contributed by atoms with Crippen molar-refractivity contribution in [2.75, 3.05) is 0 Å². The topological polar surface area (TPSA) is 34.0 Å². The van der Waals surface area contributed by atoms with Gasteiger partial charge >= 0.3 is 0 Å². The molecule has 1 aromatic carbocycles. The highest BCUT2D eigenvalue weighted by molar-refractivity contribution is 5.83. The van der Waals surface area contributed by atoms with Gasteiger partial charge in [0, 0.05) is 17.6 Å². The van der Waals surface area contributed by atoms with Crippen molar-refractivity contribution in [3.05, 3.63) is 36.3 Å². The van der Waals surface area contributed by atoms with Crippen molar-refractivity contribution in [1.29, 1.82) is 0 Å². The third-order valence-corrected chi connectivity index (χ3v) is 3.09. The van der Waals surface area contributed by atoms with Crippen LogP contribution in [0.5, 0.6) is 0 Å². The molecule has 0 fully saturated rings. The van der Waals surface area contributed by atoms with Gasteiger partial charge in [0.15, 0.2) is 0 Å². The van der Waals surface area contributed by atoms with Gasteiger partial charge in [-0.25, -0.2) is 4.39 Å². The van der Waals surface area contributed by atoms with Gasteiger partial charge in [0.2, 0.25) is 5.91 Å². The molecule has 0 aliphatic carbocycles. The Kier molecular flexibility index (Phi) is 3.65. The van der Waals surface area contributed by atoms with Crippen LogP contribution in [0, 0.1) is 5.82 Å². The number of amides is 1. The molecular weight excluding hydrogens is 231 g/mol. The Balaban J connectivity index is 2.17. The van der Waals surface area contributed by atoms with Gasteiger partial charge in [-0.15, -0.1) is 0 Å². The molecule has 1 atom stereocenters. The maximum Gasteiger partial charge on any atom is 0.240 e. The molecule has 3 nitrogen and oxygen atoms in total. The van der Waals surface area contributed by atoms with Gasteiger partial charge in [0.25, 0.3) is 0 Å². The average Bonchev–Trinajstić information content (AvgIpc) is 2.74. The van der Waals surface area contributed by atoms with E-state index in [0.29, 0.717) is 5.39 Å². The van der Waals surface area contributed by atoms with Crippen molar-refractivity contribution in [2.45, 2.75) is 32.9 Å². The number of aromatic nitrogens is 1. The van der Waals surface area contributed by atoms with Crippen molar-refractivity contribution < 1.29 is 9.18 Å². The Bertz CT molecular complexity index is 562. The van der Waals surface area contributed by atoms with Gasteiger partial charge in [-0.2, -0.15) is 0 Å². The van der Waals surface area contributed by atoms with Crippen LogP contribution in [0.25, 0.3) is 10.9 Å². The minimum atomic E-state index is -0.256. The van der Waals surface area contributed by atoms with Crippen molar-refractivity contribution >= 4 is 16.8 Å². The number of nitrogens with zero attached hydrogens (tertiary/aromatic N) is 1. The van der Waals surface area contributed by atoms with Crippen LogP contribution in [-0.4, -0.2) is 16.5 Å². The smallest absolute Gasteiger partial charge is 0.240 e. The fourth-order valence-corrected chi connectivity index (χ4v) is 1.90. The predicted molar refractivity (Wildman–Crippen MR) is 69.8 cm³/mol. The summed E-state index contributed by atoms with van der Waals surface area (Å²) in [7, 11) is 0. The van der Waals surface area contributed by atoms with E-state index in [1.54, 1.807) is 22.9 Å². The second-order valence-corrected chi connectivity index (χ2v) is 4.49. The summed E-state index contributed by atoms with van der Waals surface area (Å²) in [4.78, 5) is 11.8. The summed E-state index contributed by atoms with van der Waals surface area (Å²) in [6.07, 6.45) is 2.64. The number of halogens is 1. The van der Waals surface area contributed by atoms with E-state index < -0.39 is 0 Å². The third kappa shape index (κ3) is 2.53. The van der Waals surface area contributed by atoms with Crippen molar-refractivity contribution in [3.8, 4) is 0 Å². The summed E-state index contributed by atoms with van der Waals surface area (Å²) < 4.78 is 15.2. The standard InChI is InChI=1S/C14H17FN2O/c1-3-10(2)16-14(18)9-17-8-7-11-12(15)5-4-6-13(11)17/h4-8,10H,3,9H2,1-2H3,(H,16,18). The molecule has 96 valence electrons. The van der Waals surface area contributed by atoms with Crippen molar-refractivity contribution in [2.24, 2.45) is 0 Å². The second-order valence-electron chi connectivity index (χ2n) is 4.49. The molecule has 1 amide bonds. The number of fused-ring (bicyclic) bond motifs is 1. The maximum absolute atomic E-state index is 13.5. The van der Waals surface area contributed by atoms with Gasteiger partial charge in [-0.1, -0.05) is 13.0 Å². The first kappa shape index (κ1) is 12.6. The van der Waals surface area contributed by atoms with E-state index in [2.05, 4.69) is 5.32 Å². The lowest BCUT2D eigenvalue weighted by Gasteiger charge is -2.12. The third-order valence-electron chi connectivity index (χ3n) is 3.09. The van der Waals surface area contributed by atoms with E-state index in [1.807, 2.05) is 19.9 Å². The molecule has 0 spiro atoms. The van der Waals surface area contributed by atoms with Crippen LogP contribution >= 0.6 is 0 Å². The molecule has 0 radical (unpaired) electrons. The van der Waals surface area contributed by atoms with Gasteiger partial charge in [0.1, 0.15) is 12.4 Å². The lowest BCUT2D eigenvalue weighted by Crippen LogP contribution is -2.34. The van der Waals surface area contributed by atoms with Gasteiger partial charge in [-0.05, 0) is 31.5 Å². The molecule has 1 N–H and O–H groups in total. The molecule has 1 unspecified atom stereocenters. The van der Waals surface area contributed by atoms with Crippen LogP contribution in [0.4, 0.5) is 4.39 Å². The normalized spacial score (nSPS) is 12.6. The monoisotopic (exact) mass is 248 g/mol. The van der Waals surface area contributed by atoms with Crippen LogP contribution in [0.15, 0.2) is 30.5 Å². The van der Waals surface area contributed by atoms with Gasteiger partial charge in [0.05, 0.1) is 5.52 Å². The zero-order valence-electron chi connectivity index (χ0n) is 10.6. The molecule has 18 heavy (non-hydrogen) atoms. The van der Waals surface area contributed by atoms with Crippen LogP contribution < -0.4 is 5.32 Å². The number of hydrogen-bond donors (Lipinski definition) is 1. The summed E-state index contributed by atoms with van der Waals surface area (Å²) >= 11 is 0. The SMILES string of the molecule is CCC(C)NC(=O)Cn1ccc2c(F)cccc21. The number of carbonyl (C=O) groups excluding carboxylic acids is 1. The van der Waals surface area contributed by atoms with E-state index >= 15 is 0 Å². The number of carbonyl (C=O) groups is 1. The lowest BCUT2D eigenvalue weighted by atomic mass is 10.2. The highest BCUT2D eigenvalue weighted by atomic mass is 19.1. The number of hydrogen-bond acceptors (Lipinski definition) is 1.